The number of hydrogen-bond donors (Lipinski definition) is 1. The number of nitrogens with zero attached hydrogens (tertiary/aromatic N) is 3. The first-order valence-corrected chi connectivity index (χ1v) is 11.9. The zero-order valence-electron chi connectivity index (χ0n) is 20.9. The molecule has 2 aromatic rings. The van der Waals surface area contributed by atoms with Gasteiger partial charge < -0.3 is 9.84 Å². The van der Waals surface area contributed by atoms with Crippen LogP contribution in [0, 0.1) is 11.8 Å². The third kappa shape index (κ3) is 5.85. The van der Waals surface area contributed by atoms with Crippen LogP contribution in [0.3, 0.4) is 0 Å². The molecule has 34 heavy (non-hydrogen) atoms. The highest BCUT2D eigenvalue weighted by molar-refractivity contribution is 6.01. The van der Waals surface area contributed by atoms with Crippen LogP contribution < -0.4 is 4.90 Å². The Kier molecular flexibility index (Phi) is 7.48. The topological polar surface area (TPSA) is 102 Å². The highest BCUT2D eigenvalue weighted by atomic mass is 16.6. The Hall–Kier alpha value is -3.16. The van der Waals surface area contributed by atoms with E-state index in [1.807, 2.05) is 13.8 Å². The van der Waals surface area contributed by atoms with Crippen molar-refractivity contribution in [3.63, 3.8) is 0 Å². The summed E-state index contributed by atoms with van der Waals surface area (Å²) >= 11 is 0. The van der Waals surface area contributed by atoms with Gasteiger partial charge in [0.2, 0.25) is 5.91 Å². The normalized spacial score (nSPS) is 18.6. The van der Waals surface area contributed by atoms with Crippen LogP contribution in [0.15, 0.2) is 30.5 Å². The molecule has 1 heterocycles. The van der Waals surface area contributed by atoms with Gasteiger partial charge in [-0.3, -0.25) is 9.69 Å². The number of carbonyl (C=O) groups excluding carboxylic acids is 2. The molecular formula is C26H35N3O5. The fourth-order valence-electron chi connectivity index (χ4n) is 4.22. The first-order chi connectivity index (χ1) is 15.9. The van der Waals surface area contributed by atoms with Crippen molar-refractivity contribution in [2.24, 2.45) is 11.8 Å². The van der Waals surface area contributed by atoms with E-state index in [2.05, 4.69) is 12.0 Å². The van der Waals surface area contributed by atoms with Gasteiger partial charge in [0.05, 0.1) is 11.3 Å². The zero-order chi connectivity index (χ0) is 25.2. The minimum Gasteiger partial charge on any atom is -0.477 e. The maximum atomic E-state index is 13.4. The molecule has 0 bridgehead atoms. The van der Waals surface area contributed by atoms with Gasteiger partial charge in [0, 0.05) is 18.2 Å². The van der Waals surface area contributed by atoms with Crippen molar-refractivity contribution in [2.75, 3.05) is 4.90 Å². The first-order valence-electron chi connectivity index (χ1n) is 11.9. The van der Waals surface area contributed by atoms with Crippen molar-refractivity contribution in [1.29, 1.82) is 0 Å². The van der Waals surface area contributed by atoms with E-state index in [1.165, 1.54) is 15.8 Å². The summed E-state index contributed by atoms with van der Waals surface area (Å²) in [5, 5.41) is 14.4. The third-order valence-corrected chi connectivity index (χ3v) is 6.04. The Labute approximate surface area is 200 Å². The molecule has 0 atom stereocenters. The van der Waals surface area contributed by atoms with E-state index in [-0.39, 0.29) is 29.2 Å². The Morgan fingerprint density at radius 3 is 2.18 bits per heavy atom. The molecule has 1 saturated carbocycles. The SMILES string of the molecule is CC1CCC(C(=O)N(c2nn(-c3ccc(C(=O)OC(C)(C)C)cc3)cc2C(=O)O)C(C)C)CC1. The van der Waals surface area contributed by atoms with Crippen LogP contribution in [0.5, 0.6) is 0 Å². The Morgan fingerprint density at radius 1 is 1.09 bits per heavy atom. The van der Waals surface area contributed by atoms with Crippen LogP contribution >= 0.6 is 0 Å². The van der Waals surface area contributed by atoms with Crippen LogP contribution in [-0.2, 0) is 9.53 Å². The summed E-state index contributed by atoms with van der Waals surface area (Å²) in [6.45, 7) is 11.3. The summed E-state index contributed by atoms with van der Waals surface area (Å²) in [5.74, 6) is -1.04. The van der Waals surface area contributed by atoms with E-state index in [9.17, 15) is 19.5 Å². The van der Waals surface area contributed by atoms with Gasteiger partial charge in [0.1, 0.15) is 11.2 Å². The van der Waals surface area contributed by atoms with E-state index < -0.39 is 17.5 Å². The number of benzene rings is 1. The molecule has 1 N–H and O–H groups in total. The molecular weight excluding hydrogens is 434 g/mol. The molecule has 0 spiro atoms. The Balaban J connectivity index is 1.92. The lowest BCUT2D eigenvalue weighted by atomic mass is 9.82. The van der Waals surface area contributed by atoms with Crippen molar-refractivity contribution in [3.05, 3.63) is 41.6 Å². The maximum Gasteiger partial charge on any atom is 0.341 e. The fourth-order valence-corrected chi connectivity index (χ4v) is 4.22. The standard InChI is InChI=1S/C26H35N3O5/c1-16(2)29(23(30)18-9-7-17(3)8-10-18)22-21(24(31)32)15-28(27-22)20-13-11-19(12-14-20)25(33)34-26(4,5)6/h11-18H,7-10H2,1-6H3,(H,31,32). The van der Waals surface area contributed by atoms with Gasteiger partial charge in [0.15, 0.2) is 5.82 Å². The van der Waals surface area contributed by atoms with Crippen molar-refractivity contribution in [3.8, 4) is 5.69 Å². The first kappa shape index (κ1) is 25.5. The van der Waals surface area contributed by atoms with Gasteiger partial charge in [-0.15, -0.1) is 5.10 Å². The molecule has 3 rings (SSSR count). The maximum absolute atomic E-state index is 13.4. The van der Waals surface area contributed by atoms with Crippen LogP contribution in [0.25, 0.3) is 5.69 Å². The summed E-state index contributed by atoms with van der Waals surface area (Å²) in [6, 6.07) is 6.32. The number of rotatable bonds is 6. The summed E-state index contributed by atoms with van der Waals surface area (Å²) in [7, 11) is 0. The number of anilines is 1. The summed E-state index contributed by atoms with van der Waals surface area (Å²) < 4.78 is 6.82. The van der Waals surface area contributed by atoms with Gasteiger partial charge in [-0.25, -0.2) is 14.3 Å². The minimum absolute atomic E-state index is 0.0394. The van der Waals surface area contributed by atoms with Crippen LogP contribution in [-0.4, -0.2) is 44.4 Å². The van der Waals surface area contributed by atoms with E-state index in [1.54, 1.807) is 45.0 Å². The Bertz CT molecular complexity index is 1040. The number of hydrogen-bond acceptors (Lipinski definition) is 5. The second-order valence-electron chi connectivity index (χ2n) is 10.4. The van der Waals surface area contributed by atoms with Gasteiger partial charge in [-0.1, -0.05) is 6.92 Å². The number of aromatic carboxylic acids is 1. The van der Waals surface area contributed by atoms with Crippen molar-refractivity contribution in [1.82, 2.24) is 9.78 Å². The molecule has 1 fully saturated rings. The monoisotopic (exact) mass is 469 g/mol. The molecule has 0 aliphatic heterocycles. The highest BCUT2D eigenvalue weighted by Crippen LogP contribution is 2.32. The van der Waals surface area contributed by atoms with Crippen molar-refractivity contribution < 1.29 is 24.2 Å². The number of amides is 1. The highest BCUT2D eigenvalue weighted by Gasteiger charge is 2.34. The molecule has 1 amide bonds. The predicted molar refractivity (Wildman–Crippen MR) is 129 cm³/mol. The zero-order valence-corrected chi connectivity index (χ0v) is 20.9. The average Bonchev–Trinajstić information content (AvgIpc) is 3.18. The average molecular weight is 470 g/mol. The molecule has 1 aliphatic rings. The van der Waals surface area contributed by atoms with E-state index in [0.29, 0.717) is 17.2 Å². The smallest absolute Gasteiger partial charge is 0.341 e. The second-order valence-corrected chi connectivity index (χ2v) is 10.4. The lowest BCUT2D eigenvalue weighted by Gasteiger charge is -2.32. The van der Waals surface area contributed by atoms with Crippen LogP contribution in [0.4, 0.5) is 5.82 Å². The lowest BCUT2D eigenvalue weighted by Crippen LogP contribution is -2.43. The summed E-state index contributed by atoms with van der Waals surface area (Å²) in [5.41, 5.74) is 0.313. The lowest BCUT2D eigenvalue weighted by molar-refractivity contribution is -0.124. The Morgan fingerprint density at radius 2 is 1.68 bits per heavy atom. The van der Waals surface area contributed by atoms with Gasteiger partial charge in [0.25, 0.3) is 0 Å². The molecule has 184 valence electrons. The molecule has 0 unspecified atom stereocenters. The molecule has 1 aromatic carbocycles. The van der Waals surface area contributed by atoms with Crippen LogP contribution in [0.2, 0.25) is 0 Å². The summed E-state index contributed by atoms with van der Waals surface area (Å²) in [4.78, 5) is 39.3. The molecule has 1 aromatic heterocycles. The number of carbonyl (C=O) groups is 3. The molecule has 0 radical (unpaired) electrons. The molecule has 8 nitrogen and oxygen atoms in total. The van der Waals surface area contributed by atoms with Crippen molar-refractivity contribution >= 4 is 23.7 Å². The second kappa shape index (κ2) is 9.99. The van der Waals surface area contributed by atoms with E-state index in [0.717, 1.165) is 25.7 Å². The quantitative estimate of drug-likeness (QED) is 0.591. The van der Waals surface area contributed by atoms with Crippen LogP contribution in [0.1, 0.15) is 87.9 Å². The molecule has 1 aliphatic carbocycles. The largest absolute Gasteiger partial charge is 0.477 e. The van der Waals surface area contributed by atoms with E-state index in [4.69, 9.17) is 4.74 Å². The third-order valence-electron chi connectivity index (χ3n) is 6.04. The van der Waals surface area contributed by atoms with Crippen molar-refractivity contribution in [2.45, 2.75) is 78.9 Å². The summed E-state index contributed by atoms with van der Waals surface area (Å²) in [6.07, 6.45) is 5.00. The predicted octanol–water partition coefficient (Wildman–Crippen LogP) is 5.09. The van der Waals surface area contributed by atoms with Gasteiger partial charge in [-0.05, 0) is 90.5 Å². The fraction of sp³-hybridized carbons (Fsp3) is 0.538. The number of carboxylic acid groups (broad SMARTS) is 1. The molecule has 8 heteroatoms. The number of ether oxygens (including phenoxy) is 1. The number of carboxylic acids is 1. The van der Waals surface area contributed by atoms with E-state index >= 15 is 0 Å². The van der Waals surface area contributed by atoms with Gasteiger partial charge >= 0.3 is 11.9 Å². The minimum atomic E-state index is -1.15. The van der Waals surface area contributed by atoms with Gasteiger partial charge in [-0.2, -0.15) is 0 Å². The molecule has 0 saturated heterocycles. The number of aromatic nitrogens is 2. The number of esters is 1.